The van der Waals surface area contributed by atoms with Gasteiger partial charge in [0.05, 0.1) is 22.4 Å². The van der Waals surface area contributed by atoms with Crippen LogP contribution in [0.4, 0.5) is 17.1 Å². The predicted molar refractivity (Wildman–Crippen MR) is 245 cm³/mol. The van der Waals surface area contributed by atoms with Crippen LogP contribution < -0.4 is 4.90 Å². The SMILES string of the molecule is c1ccc(-c2ccccc2-c2c(-c3ccccc3)cccc2N(c2ccc3c(c2)c2ccccc2n3-c2ccccc2)c2cccc3sc4ccccc4c23)cc1. The van der Waals surface area contributed by atoms with Crippen molar-refractivity contribution in [3.63, 3.8) is 0 Å². The summed E-state index contributed by atoms with van der Waals surface area (Å²) in [6.45, 7) is 0. The van der Waals surface area contributed by atoms with Crippen LogP contribution in [0, 0.1) is 0 Å². The van der Waals surface area contributed by atoms with Crippen molar-refractivity contribution in [2.24, 2.45) is 0 Å². The Hall–Kier alpha value is -7.20. The van der Waals surface area contributed by atoms with Gasteiger partial charge in [-0.25, -0.2) is 0 Å². The van der Waals surface area contributed by atoms with Gasteiger partial charge in [0, 0.05) is 47.9 Å². The predicted octanol–water partition coefficient (Wildman–Crippen LogP) is 15.6. The normalized spacial score (nSPS) is 11.5. The second-order valence-corrected chi connectivity index (χ2v) is 15.5. The van der Waals surface area contributed by atoms with E-state index in [-0.39, 0.29) is 0 Å². The summed E-state index contributed by atoms with van der Waals surface area (Å²) in [5.41, 5.74) is 14.0. The number of anilines is 3. The zero-order valence-electron chi connectivity index (χ0n) is 31.1. The standard InChI is InChI=1S/C54H36N2S/c1-4-18-37(19-5-1)41-24-10-11-26-44(41)53-42(38-20-6-2-7-21-38)28-16-30-49(53)56(50-31-17-33-52-54(50)45-27-13-15-32-51(45)57-52)40-34-35-48-46(36-40)43-25-12-14-29-47(43)55(48)39-22-8-3-9-23-39/h1-36H. The maximum Gasteiger partial charge on any atom is 0.0555 e. The van der Waals surface area contributed by atoms with Crippen molar-refractivity contribution in [1.82, 2.24) is 4.57 Å². The van der Waals surface area contributed by atoms with Gasteiger partial charge in [0.1, 0.15) is 0 Å². The van der Waals surface area contributed by atoms with Gasteiger partial charge in [-0.05, 0) is 88.5 Å². The molecule has 0 aliphatic rings. The Bertz CT molecular complexity index is 3230. The number of rotatable bonds is 7. The van der Waals surface area contributed by atoms with E-state index < -0.39 is 0 Å². The Morgan fingerprint density at radius 2 is 0.930 bits per heavy atom. The molecule has 2 nitrogen and oxygen atoms in total. The van der Waals surface area contributed by atoms with E-state index in [1.54, 1.807) is 0 Å². The fourth-order valence-corrected chi connectivity index (χ4v) is 9.87. The summed E-state index contributed by atoms with van der Waals surface area (Å²) in [4.78, 5) is 2.53. The molecule has 11 rings (SSSR count). The smallest absolute Gasteiger partial charge is 0.0555 e. The topological polar surface area (TPSA) is 8.17 Å². The highest BCUT2D eigenvalue weighted by atomic mass is 32.1. The van der Waals surface area contributed by atoms with E-state index in [2.05, 4.69) is 228 Å². The molecule has 0 aliphatic heterocycles. The van der Waals surface area contributed by atoms with Crippen LogP contribution in [0.15, 0.2) is 218 Å². The molecule has 9 aromatic carbocycles. The van der Waals surface area contributed by atoms with E-state index >= 15 is 0 Å². The maximum atomic E-state index is 2.53. The van der Waals surface area contributed by atoms with Crippen LogP contribution in [-0.4, -0.2) is 4.57 Å². The fraction of sp³-hybridized carbons (Fsp3) is 0. The summed E-state index contributed by atoms with van der Waals surface area (Å²) in [7, 11) is 0. The van der Waals surface area contributed by atoms with Crippen LogP contribution in [0.3, 0.4) is 0 Å². The minimum Gasteiger partial charge on any atom is -0.309 e. The Labute approximate surface area is 335 Å². The zero-order valence-corrected chi connectivity index (χ0v) is 31.9. The Balaban J connectivity index is 1.26. The van der Waals surface area contributed by atoms with Crippen LogP contribution in [0.25, 0.3) is 81.0 Å². The molecule has 0 radical (unpaired) electrons. The van der Waals surface area contributed by atoms with Crippen LogP contribution in [0.1, 0.15) is 0 Å². The lowest BCUT2D eigenvalue weighted by molar-refractivity contribution is 1.18. The van der Waals surface area contributed by atoms with Crippen molar-refractivity contribution < 1.29 is 0 Å². The first-order valence-corrected chi connectivity index (χ1v) is 20.3. The molecule has 0 saturated heterocycles. The maximum absolute atomic E-state index is 2.53. The molecular formula is C54H36N2S. The summed E-state index contributed by atoms with van der Waals surface area (Å²) < 4.78 is 4.95. The molecule has 268 valence electrons. The highest BCUT2D eigenvalue weighted by Crippen LogP contribution is 2.51. The third-order valence-electron chi connectivity index (χ3n) is 11.2. The molecule has 0 aliphatic carbocycles. The molecule has 2 heterocycles. The quantitative estimate of drug-likeness (QED) is 0.158. The Morgan fingerprint density at radius 1 is 0.368 bits per heavy atom. The number of para-hydroxylation sites is 2. The lowest BCUT2D eigenvalue weighted by atomic mass is 9.87. The van der Waals surface area contributed by atoms with Gasteiger partial charge < -0.3 is 9.47 Å². The summed E-state index contributed by atoms with van der Waals surface area (Å²) >= 11 is 1.86. The largest absolute Gasteiger partial charge is 0.309 e. The van der Waals surface area contributed by atoms with E-state index in [1.807, 2.05) is 11.3 Å². The molecule has 11 aromatic rings. The van der Waals surface area contributed by atoms with Gasteiger partial charge >= 0.3 is 0 Å². The molecule has 3 heteroatoms. The van der Waals surface area contributed by atoms with Crippen molar-refractivity contribution in [1.29, 1.82) is 0 Å². The molecule has 0 spiro atoms. The van der Waals surface area contributed by atoms with E-state index in [1.165, 1.54) is 75.4 Å². The van der Waals surface area contributed by atoms with Gasteiger partial charge in [-0.15, -0.1) is 11.3 Å². The van der Waals surface area contributed by atoms with Crippen LogP contribution in [0.2, 0.25) is 0 Å². The van der Waals surface area contributed by atoms with Crippen molar-refractivity contribution in [2.45, 2.75) is 0 Å². The second kappa shape index (κ2) is 13.8. The van der Waals surface area contributed by atoms with E-state index in [0.29, 0.717) is 0 Å². The number of nitrogens with zero attached hydrogens (tertiary/aromatic N) is 2. The molecule has 0 amide bonds. The average molecular weight is 745 g/mol. The van der Waals surface area contributed by atoms with Crippen molar-refractivity contribution in [3.8, 4) is 39.1 Å². The molecule has 0 atom stereocenters. The first-order chi connectivity index (χ1) is 28.3. The minimum atomic E-state index is 1.10. The number of hydrogen-bond acceptors (Lipinski definition) is 2. The highest BCUT2D eigenvalue weighted by molar-refractivity contribution is 7.26. The van der Waals surface area contributed by atoms with Crippen LogP contribution >= 0.6 is 11.3 Å². The number of hydrogen-bond donors (Lipinski definition) is 0. The number of benzene rings is 9. The van der Waals surface area contributed by atoms with Gasteiger partial charge in [-0.3, -0.25) is 0 Å². The highest BCUT2D eigenvalue weighted by Gasteiger charge is 2.26. The number of fused-ring (bicyclic) bond motifs is 6. The van der Waals surface area contributed by atoms with Crippen molar-refractivity contribution in [2.75, 3.05) is 4.90 Å². The van der Waals surface area contributed by atoms with Gasteiger partial charge in [0.2, 0.25) is 0 Å². The molecule has 0 saturated carbocycles. The molecule has 0 bridgehead atoms. The summed E-state index contributed by atoms with van der Waals surface area (Å²) in [5.74, 6) is 0. The van der Waals surface area contributed by atoms with E-state index in [4.69, 9.17) is 0 Å². The summed E-state index contributed by atoms with van der Waals surface area (Å²) in [5, 5.41) is 4.97. The molecule has 57 heavy (non-hydrogen) atoms. The zero-order chi connectivity index (χ0) is 37.7. The van der Waals surface area contributed by atoms with Gasteiger partial charge in [-0.1, -0.05) is 158 Å². The molecule has 2 aromatic heterocycles. The van der Waals surface area contributed by atoms with Gasteiger partial charge in [0.25, 0.3) is 0 Å². The molecular weight excluding hydrogens is 709 g/mol. The van der Waals surface area contributed by atoms with Crippen LogP contribution in [0.5, 0.6) is 0 Å². The average Bonchev–Trinajstić information content (AvgIpc) is 3.83. The van der Waals surface area contributed by atoms with Gasteiger partial charge in [-0.2, -0.15) is 0 Å². The lowest BCUT2D eigenvalue weighted by Gasteiger charge is -2.30. The molecule has 0 unspecified atom stereocenters. The van der Waals surface area contributed by atoms with Crippen molar-refractivity contribution in [3.05, 3.63) is 218 Å². The Morgan fingerprint density at radius 3 is 1.72 bits per heavy atom. The third-order valence-corrected chi connectivity index (χ3v) is 12.3. The monoisotopic (exact) mass is 744 g/mol. The summed E-state index contributed by atoms with van der Waals surface area (Å²) in [6.07, 6.45) is 0. The molecule has 0 fully saturated rings. The number of thiophene rings is 1. The van der Waals surface area contributed by atoms with Crippen molar-refractivity contribution >= 4 is 70.4 Å². The third kappa shape index (κ3) is 5.55. The van der Waals surface area contributed by atoms with Crippen LogP contribution in [-0.2, 0) is 0 Å². The fourth-order valence-electron chi connectivity index (χ4n) is 8.74. The lowest BCUT2D eigenvalue weighted by Crippen LogP contribution is -2.12. The summed E-state index contributed by atoms with van der Waals surface area (Å²) in [6, 6.07) is 79.5. The number of aromatic nitrogens is 1. The first kappa shape index (κ1) is 33.2. The van der Waals surface area contributed by atoms with E-state index in [9.17, 15) is 0 Å². The molecule has 0 N–H and O–H groups in total. The first-order valence-electron chi connectivity index (χ1n) is 19.4. The minimum absolute atomic E-state index is 1.10. The van der Waals surface area contributed by atoms with E-state index in [0.717, 1.165) is 22.7 Å². The Kier molecular flexibility index (Phi) is 8.04. The van der Waals surface area contributed by atoms with Gasteiger partial charge in [0.15, 0.2) is 0 Å². The second-order valence-electron chi connectivity index (χ2n) is 14.5.